The van der Waals surface area contributed by atoms with Crippen LogP contribution in [0.2, 0.25) is 0 Å². The standard InChI is InChI=1S/C8H14O3S2/c1-6(9)11-2-7(10)3-12-4-8-5-13-8/h7-8,10H,2-5H2,1H3. The zero-order valence-corrected chi connectivity index (χ0v) is 9.20. The van der Waals surface area contributed by atoms with Crippen LogP contribution in [-0.4, -0.2) is 46.3 Å². The Hall–Kier alpha value is 0.130. The van der Waals surface area contributed by atoms with Crippen LogP contribution in [0.25, 0.3) is 0 Å². The summed E-state index contributed by atoms with van der Waals surface area (Å²) >= 11 is 3.67. The first kappa shape index (κ1) is 11.2. The summed E-state index contributed by atoms with van der Waals surface area (Å²) in [5.74, 6) is 2.68. The van der Waals surface area contributed by atoms with E-state index in [1.165, 1.54) is 12.7 Å². The highest BCUT2D eigenvalue weighted by atomic mass is 32.2. The number of thioether (sulfide) groups is 2. The Balaban J connectivity index is 1.89. The molecule has 0 aromatic carbocycles. The van der Waals surface area contributed by atoms with Crippen molar-refractivity contribution in [1.29, 1.82) is 0 Å². The molecule has 0 aromatic heterocycles. The highest BCUT2D eigenvalue weighted by Gasteiger charge is 2.22. The van der Waals surface area contributed by atoms with E-state index in [1.54, 1.807) is 11.8 Å². The van der Waals surface area contributed by atoms with E-state index in [0.29, 0.717) is 5.75 Å². The Morgan fingerprint density at radius 3 is 3.08 bits per heavy atom. The average molecular weight is 222 g/mol. The summed E-state index contributed by atoms with van der Waals surface area (Å²) in [6, 6.07) is 0. The largest absolute Gasteiger partial charge is 0.463 e. The van der Waals surface area contributed by atoms with Crippen LogP contribution in [0.15, 0.2) is 0 Å². The maximum absolute atomic E-state index is 10.4. The summed E-state index contributed by atoms with van der Waals surface area (Å²) in [5.41, 5.74) is 0. The fourth-order valence-corrected chi connectivity index (χ4v) is 2.72. The van der Waals surface area contributed by atoms with Crippen molar-refractivity contribution in [2.75, 3.05) is 23.9 Å². The molecule has 1 rings (SSSR count). The van der Waals surface area contributed by atoms with Crippen molar-refractivity contribution in [3.63, 3.8) is 0 Å². The molecule has 3 nitrogen and oxygen atoms in total. The number of hydrogen-bond donors (Lipinski definition) is 1. The van der Waals surface area contributed by atoms with Crippen LogP contribution in [0.4, 0.5) is 0 Å². The predicted molar refractivity (Wildman–Crippen MR) is 56.2 cm³/mol. The fourth-order valence-electron chi connectivity index (χ4n) is 0.761. The third-order valence-corrected chi connectivity index (χ3v) is 3.94. The van der Waals surface area contributed by atoms with E-state index >= 15 is 0 Å². The van der Waals surface area contributed by atoms with E-state index in [0.717, 1.165) is 11.0 Å². The minimum Gasteiger partial charge on any atom is -0.463 e. The zero-order chi connectivity index (χ0) is 9.68. The predicted octanol–water partition coefficient (Wildman–Crippen LogP) is 0.759. The molecule has 1 aliphatic heterocycles. The van der Waals surface area contributed by atoms with Crippen molar-refractivity contribution in [3.8, 4) is 0 Å². The van der Waals surface area contributed by atoms with Gasteiger partial charge >= 0.3 is 5.97 Å². The zero-order valence-electron chi connectivity index (χ0n) is 7.56. The summed E-state index contributed by atoms with van der Waals surface area (Å²) in [5, 5.41) is 10.1. The van der Waals surface area contributed by atoms with Gasteiger partial charge in [-0.2, -0.15) is 23.5 Å². The van der Waals surface area contributed by atoms with Gasteiger partial charge in [0.15, 0.2) is 0 Å². The Morgan fingerprint density at radius 1 is 1.85 bits per heavy atom. The quantitative estimate of drug-likeness (QED) is 0.531. The summed E-state index contributed by atoms with van der Waals surface area (Å²) in [4.78, 5) is 10.4. The number of hydrogen-bond acceptors (Lipinski definition) is 5. The minimum atomic E-state index is -0.516. The summed E-state index contributed by atoms with van der Waals surface area (Å²) in [7, 11) is 0. The topological polar surface area (TPSA) is 46.5 Å². The lowest BCUT2D eigenvalue weighted by Crippen LogP contribution is -2.20. The Morgan fingerprint density at radius 2 is 2.54 bits per heavy atom. The first-order chi connectivity index (χ1) is 6.18. The van der Waals surface area contributed by atoms with Gasteiger partial charge in [0.2, 0.25) is 0 Å². The van der Waals surface area contributed by atoms with Gasteiger partial charge in [-0.05, 0) is 0 Å². The lowest BCUT2D eigenvalue weighted by atomic mass is 10.4. The van der Waals surface area contributed by atoms with Gasteiger partial charge in [-0.1, -0.05) is 0 Å². The average Bonchev–Trinajstić information content (AvgIpc) is 2.84. The molecule has 2 atom stereocenters. The molecule has 0 saturated carbocycles. The molecule has 1 aliphatic rings. The third-order valence-electron chi connectivity index (χ3n) is 1.50. The van der Waals surface area contributed by atoms with Gasteiger partial charge in [0, 0.05) is 29.4 Å². The smallest absolute Gasteiger partial charge is 0.302 e. The molecular formula is C8H14O3S2. The molecule has 1 fully saturated rings. The first-order valence-corrected chi connectivity index (χ1v) is 6.39. The van der Waals surface area contributed by atoms with Gasteiger partial charge in [-0.25, -0.2) is 0 Å². The van der Waals surface area contributed by atoms with Gasteiger partial charge < -0.3 is 9.84 Å². The summed E-state index contributed by atoms with van der Waals surface area (Å²) in [6.07, 6.45) is -0.516. The molecule has 0 aliphatic carbocycles. The van der Waals surface area contributed by atoms with Crippen LogP contribution < -0.4 is 0 Å². The molecule has 5 heteroatoms. The Bertz CT molecular complexity index is 171. The highest BCUT2D eigenvalue weighted by Crippen LogP contribution is 2.32. The van der Waals surface area contributed by atoms with Crippen LogP contribution >= 0.6 is 23.5 Å². The number of rotatable bonds is 6. The minimum absolute atomic E-state index is 0.125. The molecule has 2 unspecified atom stereocenters. The van der Waals surface area contributed by atoms with Gasteiger partial charge in [-0.15, -0.1) is 0 Å². The van der Waals surface area contributed by atoms with Crippen LogP contribution in [0.1, 0.15) is 6.92 Å². The van der Waals surface area contributed by atoms with Crippen LogP contribution in [0.5, 0.6) is 0 Å². The van der Waals surface area contributed by atoms with Gasteiger partial charge in [0.05, 0.1) is 6.10 Å². The second-order valence-electron chi connectivity index (χ2n) is 2.95. The van der Waals surface area contributed by atoms with E-state index in [4.69, 9.17) is 0 Å². The van der Waals surface area contributed by atoms with Gasteiger partial charge in [-0.3, -0.25) is 4.79 Å². The summed E-state index contributed by atoms with van der Waals surface area (Å²) in [6.45, 7) is 1.47. The second kappa shape index (κ2) is 5.78. The van der Waals surface area contributed by atoms with Crippen molar-refractivity contribution in [3.05, 3.63) is 0 Å². The molecule has 1 heterocycles. The fraction of sp³-hybridized carbons (Fsp3) is 0.875. The van der Waals surface area contributed by atoms with Crippen molar-refractivity contribution in [2.45, 2.75) is 18.3 Å². The number of aliphatic hydroxyl groups is 1. The lowest BCUT2D eigenvalue weighted by molar-refractivity contribution is -0.143. The van der Waals surface area contributed by atoms with E-state index in [2.05, 4.69) is 4.74 Å². The van der Waals surface area contributed by atoms with Gasteiger partial charge in [0.25, 0.3) is 0 Å². The van der Waals surface area contributed by atoms with E-state index in [1.807, 2.05) is 11.8 Å². The molecule has 1 N–H and O–H groups in total. The maximum Gasteiger partial charge on any atom is 0.302 e. The van der Waals surface area contributed by atoms with Crippen molar-refractivity contribution < 1.29 is 14.6 Å². The molecule has 0 bridgehead atoms. The lowest BCUT2D eigenvalue weighted by Gasteiger charge is -2.09. The molecule has 0 radical (unpaired) electrons. The first-order valence-electron chi connectivity index (χ1n) is 4.19. The molecule has 1 saturated heterocycles. The van der Waals surface area contributed by atoms with Crippen LogP contribution in [-0.2, 0) is 9.53 Å². The molecular weight excluding hydrogens is 208 g/mol. The monoisotopic (exact) mass is 222 g/mol. The van der Waals surface area contributed by atoms with E-state index < -0.39 is 6.10 Å². The summed E-state index contributed by atoms with van der Waals surface area (Å²) < 4.78 is 4.67. The number of ether oxygens (including phenoxy) is 1. The molecule has 13 heavy (non-hydrogen) atoms. The second-order valence-corrected chi connectivity index (χ2v) is 5.36. The van der Waals surface area contributed by atoms with E-state index in [9.17, 15) is 9.90 Å². The Kier molecular flexibility index (Phi) is 4.98. The van der Waals surface area contributed by atoms with Crippen molar-refractivity contribution in [1.82, 2.24) is 0 Å². The molecule has 0 spiro atoms. The number of aliphatic hydroxyl groups excluding tert-OH is 1. The Labute approximate surface area is 86.6 Å². The van der Waals surface area contributed by atoms with E-state index in [-0.39, 0.29) is 12.6 Å². The van der Waals surface area contributed by atoms with Crippen molar-refractivity contribution in [2.24, 2.45) is 0 Å². The maximum atomic E-state index is 10.4. The SMILES string of the molecule is CC(=O)OCC(O)CSCC1CS1. The van der Waals surface area contributed by atoms with Crippen LogP contribution in [0, 0.1) is 0 Å². The molecule has 76 valence electrons. The number of esters is 1. The van der Waals surface area contributed by atoms with Gasteiger partial charge in [0.1, 0.15) is 6.61 Å². The third kappa shape index (κ3) is 6.23. The normalized spacial score (nSPS) is 22.5. The molecule has 0 aromatic rings. The van der Waals surface area contributed by atoms with Crippen LogP contribution in [0.3, 0.4) is 0 Å². The number of carbonyl (C=O) groups is 1. The van der Waals surface area contributed by atoms with Crippen molar-refractivity contribution >= 4 is 29.5 Å². The molecule has 0 amide bonds. The highest BCUT2D eigenvalue weighted by molar-refractivity contribution is 8.08. The number of carbonyl (C=O) groups excluding carboxylic acids is 1.